The predicted octanol–water partition coefficient (Wildman–Crippen LogP) is 3.83. The molecule has 0 aliphatic carbocycles. The molecule has 2 aromatic rings. The highest BCUT2D eigenvalue weighted by Crippen LogP contribution is 2.32. The Hall–Kier alpha value is -2.55. The molecular weight excluding hydrogens is 411 g/mol. The molecule has 0 unspecified atom stereocenters. The van der Waals surface area contributed by atoms with Crippen LogP contribution in [-0.4, -0.2) is 47.7 Å². The number of benzene rings is 1. The minimum absolute atomic E-state index is 0.246. The molecule has 0 radical (unpaired) electrons. The van der Waals surface area contributed by atoms with Crippen molar-refractivity contribution in [3.63, 3.8) is 0 Å². The van der Waals surface area contributed by atoms with Crippen LogP contribution in [0.25, 0.3) is 11.3 Å². The Kier molecular flexibility index (Phi) is 6.16. The van der Waals surface area contributed by atoms with Crippen molar-refractivity contribution in [2.75, 3.05) is 19.6 Å². The molecule has 156 valence electrons. The molecule has 1 saturated heterocycles. The zero-order valence-corrected chi connectivity index (χ0v) is 16.3. The second-order valence-corrected chi connectivity index (χ2v) is 7.25. The van der Waals surface area contributed by atoms with Gasteiger partial charge < -0.3 is 14.7 Å². The summed E-state index contributed by atoms with van der Waals surface area (Å²) in [5.41, 5.74) is 1.19. The van der Waals surface area contributed by atoms with Gasteiger partial charge in [-0.2, -0.15) is 13.2 Å². The van der Waals surface area contributed by atoms with Gasteiger partial charge in [-0.15, -0.1) is 0 Å². The summed E-state index contributed by atoms with van der Waals surface area (Å²) in [6.45, 7) is 0.759. The lowest BCUT2D eigenvalue weighted by atomic mass is 9.95. The van der Waals surface area contributed by atoms with Crippen molar-refractivity contribution in [1.29, 1.82) is 0 Å². The quantitative estimate of drug-likeness (QED) is 0.801. The average Bonchev–Trinajstić information content (AvgIpc) is 3.06. The SMILES string of the molecule is Cc1onc(-c2ccccc2Cl)c1C(=O)N1CCC(C(=O)NCC(F)(F)F)CC1. The first-order chi connectivity index (χ1) is 13.7. The van der Waals surface area contributed by atoms with E-state index < -0.39 is 24.5 Å². The Labute approximate surface area is 170 Å². The first-order valence-electron chi connectivity index (χ1n) is 9.02. The third-order valence-electron chi connectivity index (χ3n) is 4.82. The molecule has 0 bridgehead atoms. The highest BCUT2D eigenvalue weighted by atomic mass is 35.5. The molecule has 2 heterocycles. The van der Waals surface area contributed by atoms with Gasteiger partial charge in [0.05, 0.1) is 5.02 Å². The standard InChI is InChI=1S/C19H19ClF3N3O3/c1-11-15(16(25-29-11)13-4-2-3-5-14(13)20)18(28)26-8-6-12(7-9-26)17(27)24-10-19(21,22)23/h2-5,12H,6-10H2,1H3,(H,24,27). The van der Waals surface area contributed by atoms with Crippen molar-refractivity contribution in [1.82, 2.24) is 15.4 Å². The number of rotatable bonds is 4. The third kappa shape index (κ3) is 4.90. The summed E-state index contributed by atoms with van der Waals surface area (Å²) in [5.74, 6) is -1.18. The summed E-state index contributed by atoms with van der Waals surface area (Å²) in [7, 11) is 0. The molecule has 1 aromatic heterocycles. The number of hydrogen-bond donors (Lipinski definition) is 1. The molecule has 0 spiro atoms. The lowest BCUT2D eigenvalue weighted by Crippen LogP contribution is -2.44. The fraction of sp³-hybridized carbons (Fsp3) is 0.421. The molecule has 2 amide bonds. The Balaban J connectivity index is 1.69. The van der Waals surface area contributed by atoms with Crippen molar-refractivity contribution < 1.29 is 27.3 Å². The van der Waals surface area contributed by atoms with Gasteiger partial charge in [-0.05, 0) is 25.8 Å². The van der Waals surface area contributed by atoms with Gasteiger partial charge in [0.15, 0.2) is 0 Å². The van der Waals surface area contributed by atoms with E-state index in [-0.39, 0.29) is 37.4 Å². The van der Waals surface area contributed by atoms with Gasteiger partial charge in [0, 0.05) is 24.6 Å². The monoisotopic (exact) mass is 429 g/mol. The third-order valence-corrected chi connectivity index (χ3v) is 5.15. The van der Waals surface area contributed by atoms with E-state index in [1.165, 1.54) is 0 Å². The van der Waals surface area contributed by atoms with E-state index in [2.05, 4.69) is 5.16 Å². The molecule has 3 rings (SSSR count). The highest BCUT2D eigenvalue weighted by Gasteiger charge is 2.33. The molecule has 1 aliphatic rings. The van der Waals surface area contributed by atoms with E-state index in [0.717, 1.165) is 0 Å². The van der Waals surface area contributed by atoms with Crippen LogP contribution in [0.3, 0.4) is 0 Å². The van der Waals surface area contributed by atoms with Gasteiger partial charge in [-0.25, -0.2) is 0 Å². The summed E-state index contributed by atoms with van der Waals surface area (Å²) >= 11 is 6.22. The maximum atomic E-state index is 13.1. The van der Waals surface area contributed by atoms with Crippen LogP contribution in [0.15, 0.2) is 28.8 Å². The van der Waals surface area contributed by atoms with Crippen LogP contribution in [0.4, 0.5) is 13.2 Å². The van der Waals surface area contributed by atoms with Crippen LogP contribution >= 0.6 is 11.6 Å². The van der Waals surface area contributed by atoms with Gasteiger partial charge in [-0.3, -0.25) is 9.59 Å². The zero-order valence-electron chi connectivity index (χ0n) is 15.6. The zero-order chi connectivity index (χ0) is 21.2. The van der Waals surface area contributed by atoms with Gasteiger partial charge in [0.2, 0.25) is 5.91 Å². The summed E-state index contributed by atoms with van der Waals surface area (Å²) in [5, 5.41) is 6.30. The van der Waals surface area contributed by atoms with Crippen LogP contribution in [0.1, 0.15) is 29.0 Å². The van der Waals surface area contributed by atoms with E-state index in [4.69, 9.17) is 16.1 Å². The normalized spacial score (nSPS) is 15.4. The van der Waals surface area contributed by atoms with Crippen molar-refractivity contribution in [2.45, 2.75) is 25.9 Å². The van der Waals surface area contributed by atoms with Gasteiger partial charge in [0.25, 0.3) is 5.91 Å². The Morgan fingerprint density at radius 3 is 2.55 bits per heavy atom. The summed E-state index contributed by atoms with van der Waals surface area (Å²) < 4.78 is 42.0. The largest absolute Gasteiger partial charge is 0.405 e. The second kappa shape index (κ2) is 8.44. The number of amides is 2. The van der Waals surface area contributed by atoms with E-state index in [1.807, 2.05) is 5.32 Å². The Morgan fingerprint density at radius 2 is 1.93 bits per heavy atom. The number of piperidine rings is 1. The van der Waals surface area contributed by atoms with Crippen molar-refractivity contribution in [2.24, 2.45) is 5.92 Å². The molecule has 6 nitrogen and oxygen atoms in total. The lowest BCUT2D eigenvalue weighted by Gasteiger charge is -2.31. The minimum atomic E-state index is -4.45. The minimum Gasteiger partial charge on any atom is -0.360 e. The number of nitrogens with zero attached hydrogens (tertiary/aromatic N) is 2. The molecule has 10 heteroatoms. The number of aromatic nitrogens is 1. The maximum absolute atomic E-state index is 13.1. The number of hydrogen-bond acceptors (Lipinski definition) is 4. The van der Waals surface area contributed by atoms with Gasteiger partial charge in [0.1, 0.15) is 23.6 Å². The van der Waals surface area contributed by atoms with Crippen molar-refractivity contribution >= 4 is 23.4 Å². The predicted molar refractivity (Wildman–Crippen MR) is 99.4 cm³/mol. The van der Waals surface area contributed by atoms with E-state index >= 15 is 0 Å². The molecule has 1 aliphatic heterocycles. The van der Waals surface area contributed by atoms with Gasteiger partial charge in [-0.1, -0.05) is 35.0 Å². The molecular formula is C19H19ClF3N3O3. The lowest BCUT2D eigenvalue weighted by molar-refractivity contribution is -0.141. The van der Waals surface area contributed by atoms with Crippen LogP contribution in [0.2, 0.25) is 5.02 Å². The number of aryl methyl sites for hydroxylation is 1. The molecule has 1 N–H and O–H groups in total. The number of likely N-dealkylation sites (tertiary alicyclic amines) is 1. The number of nitrogens with one attached hydrogen (secondary N) is 1. The number of carbonyl (C=O) groups is 2. The van der Waals surface area contributed by atoms with Gasteiger partial charge >= 0.3 is 6.18 Å². The molecule has 1 fully saturated rings. The smallest absolute Gasteiger partial charge is 0.360 e. The summed E-state index contributed by atoms with van der Waals surface area (Å²) in [6, 6.07) is 6.94. The Morgan fingerprint density at radius 1 is 1.28 bits per heavy atom. The number of halogens is 4. The van der Waals surface area contributed by atoms with Crippen LogP contribution in [0.5, 0.6) is 0 Å². The van der Waals surface area contributed by atoms with Crippen molar-refractivity contribution in [3.8, 4) is 11.3 Å². The first kappa shape index (κ1) is 21.2. The topological polar surface area (TPSA) is 75.4 Å². The van der Waals surface area contributed by atoms with Crippen LogP contribution in [-0.2, 0) is 4.79 Å². The van der Waals surface area contributed by atoms with Crippen LogP contribution < -0.4 is 5.32 Å². The molecule has 0 saturated carbocycles. The number of alkyl halides is 3. The highest BCUT2D eigenvalue weighted by molar-refractivity contribution is 6.33. The van der Waals surface area contributed by atoms with Crippen molar-refractivity contribution in [3.05, 3.63) is 40.6 Å². The summed E-state index contributed by atoms with van der Waals surface area (Å²) in [6.07, 6.45) is -3.89. The summed E-state index contributed by atoms with van der Waals surface area (Å²) in [4.78, 5) is 26.5. The molecule has 29 heavy (non-hydrogen) atoms. The first-order valence-corrected chi connectivity index (χ1v) is 9.40. The van der Waals surface area contributed by atoms with Crippen LogP contribution in [0, 0.1) is 12.8 Å². The average molecular weight is 430 g/mol. The second-order valence-electron chi connectivity index (χ2n) is 6.84. The molecule has 0 atom stereocenters. The van der Waals surface area contributed by atoms with E-state index in [1.54, 1.807) is 36.1 Å². The maximum Gasteiger partial charge on any atom is 0.405 e. The number of carbonyl (C=O) groups excluding carboxylic acids is 2. The van der Waals surface area contributed by atoms with E-state index in [9.17, 15) is 22.8 Å². The Bertz CT molecular complexity index is 906. The van der Waals surface area contributed by atoms with E-state index in [0.29, 0.717) is 22.0 Å². The molecule has 1 aromatic carbocycles. The fourth-order valence-electron chi connectivity index (χ4n) is 3.30. The fourth-order valence-corrected chi connectivity index (χ4v) is 3.52.